The number of hydrogen-bond donors (Lipinski definition) is 2. The summed E-state index contributed by atoms with van der Waals surface area (Å²) in [6.45, 7) is 3.55. The summed E-state index contributed by atoms with van der Waals surface area (Å²) in [6.07, 6.45) is 1.02. The van der Waals surface area contributed by atoms with Crippen LogP contribution >= 0.6 is 0 Å². The Morgan fingerprint density at radius 1 is 1.29 bits per heavy atom. The van der Waals surface area contributed by atoms with Crippen LogP contribution < -0.4 is 5.32 Å². The number of aliphatic carboxylic acids is 1. The molecule has 1 aromatic rings. The number of carboxylic acids is 1. The van der Waals surface area contributed by atoms with Crippen molar-refractivity contribution < 1.29 is 28.0 Å². The largest absolute Gasteiger partial charge is 0.480 e. The number of nitro groups is 1. The van der Waals surface area contributed by atoms with Crippen LogP contribution in [-0.4, -0.2) is 42.6 Å². The summed E-state index contributed by atoms with van der Waals surface area (Å²) >= 11 is 0. The molecule has 9 nitrogen and oxygen atoms in total. The summed E-state index contributed by atoms with van der Waals surface area (Å²) in [5.41, 5.74) is -0.863. The van der Waals surface area contributed by atoms with Gasteiger partial charge in [-0.3, -0.25) is 14.9 Å². The van der Waals surface area contributed by atoms with Crippen LogP contribution in [0.15, 0.2) is 23.1 Å². The highest BCUT2D eigenvalue weighted by molar-refractivity contribution is 7.90. The molecule has 0 aromatic heterocycles. The van der Waals surface area contributed by atoms with Gasteiger partial charge in [-0.25, -0.2) is 13.2 Å². The Hall–Kier alpha value is -2.49. The van der Waals surface area contributed by atoms with Crippen molar-refractivity contribution in [3.05, 3.63) is 33.9 Å². The predicted molar refractivity (Wildman–Crippen MR) is 84.6 cm³/mol. The Labute approximate surface area is 138 Å². The predicted octanol–water partition coefficient (Wildman–Crippen LogP) is 1.23. The average Bonchev–Trinajstić information content (AvgIpc) is 2.44. The minimum atomic E-state index is -3.78. The second-order valence-electron chi connectivity index (χ2n) is 5.74. The highest BCUT2D eigenvalue weighted by Gasteiger charge is 2.24. The number of sulfone groups is 1. The number of carbonyl (C=O) groups excluding carboxylic acids is 1. The van der Waals surface area contributed by atoms with Crippen molar-refractivity contribution in [3.8, 4) is 0 Å². The third-order valence-electron chi connectivity index (χ3n) is 3.10. The van der Waals surface area contributed by atoms with E-state index in [0.29, 0.717) is 0 Å². The molecule has 10 heteroatoms. The molecule has 24 heavy (non-hydrogen) atoms. The van der Waals surface area contributed by atoms with Gasteiger partial charge < -0.3 is 10.4 Å². The number of hydrogen-bond acceptors (Lipinski definition) is 6. The lowest BCUT2D eigenvalue weighted by atomic mass is 10.0. The fourth-order valence-corrected chi connectivity index (χ4v) is 2.64. The molecular formula is C14H18N2O7S. The monoisotopic (exact) mass is 358 g/mol. The van der Waals surface area contributed by atoms with Gasteiger partial charge in [0.1, 0.15) is 6.04 Å². The number of rotatable bonds is 7. The van der Waals surface area contributed by atoms with Gasteiger partial charge in [-0.1, -0.05) is 13.8 Å². The van der Waals surface area contributed by atoms with Gasteiger partial charge in [-0.15, -0.1) is 0 Å². The number of carboxylic acid groups (broad SMARTS) is 1. The molecule has 0 fully saturated rings. The molecule has 0 bridgehead atoms. The van der Waals surface area contributed by atoms with Crippen molar-refractivity contribution in [2.24, 2.45) is 5.92 Å². The fraction of sp³-hybridized carbons (Fsp3) is 0.429. The summed E-state index contributed by atoms with van der Waals surface area (Å²) in [5, 5.41) is 22.3. The highest BCUT2D eigenvalue weighted by Crippen LogP contribution is 2.21. The van der Waals surface area contributed by atoms with E-state index >= 15 is 0 Å². The molecule has 1 aromatic carbocycles. The van der Waals surface area contributed by atoms with E-state index < -0.39 is 43.3 Å². The summed E-state index contributed by atoms with van der Waals surface area (Å²) in [7, 11) is -3.78. The maximum atomic E-state index is 12.2. The van der Waals surface area contributed by atoms with Crippen LogP contribution in [0.1, 0.15) is 30.6 Å². The first-order chi connectivity index (χ1) is 10.9. The van der Waals surface area contributed by atoms with Crippen molar-refractivity contribution in [3.63, 3.8) is 0 Å². The zero-order valence-electron chi connectivity index (χ0n) is 13.3. The molecule has 0 radical (unpaired) electrons. The van der Waals surface area contributed by atoms with Crippen molar-refractivity contribution in [1.82, 2.24) is 5.32 Å². The molecule has 0 spiro atoms. The number of carbonyl (C=O) groups is 2. The van der Waals surface area contributed by atoms with E-state index in [1.807, 2.05) is 0 Å². The second kappa shape index (κ2) is 7.39. The van der Waals surface area contributed by atoms with E-state index in [9.17, 15) is 28.1 Å². The van der Waals surface area contributed by atoms with E-state index in [4.69, 9.17) is 5.11 Å². The number of benzene rings is 1. The lowest BCUT2D eigenvalue weighted by Crippen LogP contribution is -2.41. The highest BCUT2D eigenvalue weighted by atomic mass is 32.2. The van der Waals surface area contributed by atoms with Gasteiger partial charge in [0, 0.05) is 24.0 Å². The van der Waals surface area contributed by atoms with E-state index in [0.717, 1.165) is 24.5 Å². The summed E-state index contributed by atoms with van der Waals surface area (Å²) < 4.78 is 23.2. The summed E-state index contributed by atoms with van der Waals surface area (Å²) in [4.78, 5) is 33.1. The van der Waals surface area contributed by atoms with Crippen LogP contribution in [0.5, 0.6) is 0 Å². The molecule has 0 heterocycles. The van der Waals surface area contributed by atoms with Crippen LogP contribution in [0.4, 0.5) is 5.69 Å². The lowest BCUT2D eigenvalue weighted by molar-refractivity contribution is -0.385. The van der Waals surface area contributed by atoms with E-state index in [2.05, 4.69) is 5.32 Å². The molecule has 1 rings (SSSR count). The minimum Gasteiger partial charge on any atom is -0.480 e. The van der Waals surface area contributed by atoms with Gasteiger partial charge >= 0.3 is 5.97 Å². The molecule has 0 aliphatic heterocycles. The van der Waals surface area contributed by atoms with Crippen LogP contribution in [0.25, 0.3) is 0 Å². The normalized spacial score (nSPS) is 12.7. The van der Waals surface area contributed by atoms with Gasteiger partial charge in [-0.05, 0) is 18.4 Å². The van der Waals surface area contributed by atoms with Gasteiger partial charge in [0.05, 0.1) is 9.82 Å². The zero-order chi connectivity index (χ0) is 18.7. The summed E-state index contributed by atoms with van der Waals surface area (Å²) in [6, 6.07) is 1.54. The average molecular weight is 358 g/mol. The molecule has 2 N–H and O–H groups in total. The van der Waals surface area contributed by atoms with Crippen molar-refractivity contribution in [2.45, 2.75) is 31.2 Å². The first kappa shape index (κ1) is 19.6. The van der Waals surface area contributed by atoms with Crippen LogP contribution in [-0.2, 0) is 14.6 Å². The summed E-state index contributed by atoms with van der Waals surface area (Å²) in [5.74, 6) is -2.15. The topological polar surface area (TPSA) is 144 Å². The Morgan fingerprint density at radius 2 is 1.88 bits per heavy atom. The van der Waals surface area contributed by atoms with Crippen LogP contribution in [0, 0.1) is 16.0 Å². The third kappa shape index (κ3) is 5.30. The SMILES string of the molecule is CC(C)C[C@H](NC(=O)c1cc([N+](=O)[O-])cc(S(C)(=O)=O)c1)C(=O)O. The number of amides is 1. The molecule has 0 aliphatic carbocycles. The number of nitrogens with one attached hydrogen (secondary N) is 1. The molecule has 0 unspecified atom stereocenters. The van der Waals surface area contributed by atoms with Crippen molar-refractivity contribution in [2.75, 3.05) is 6.26 Å². The van der Waals surface area contributed by atoms with E-state index in [-0.39, 0.29) is 17.9 Å². The first-order valence-corrected chi connectivity index (χ1v) is 8.84. The Bertz CT molecular complexity index is 771. The van der Waals surface area contributed by atoms with Crippen LogP contribution in [0.2, 0.25) is 0 Å². The smallest absolute Gasteiger partial charge is 0.326 e. The lowest BCUT2D eigenvalue weighted by Gasteiger charge is -2.16. The van der Waals surface area contributed by atoms with Crippen molar-refractivity contribution >= 4 is 27.4 Å². The maximum absolute atomic E-state index is 12.2. The number of non-ortho nitro benzene ring substituents is 1. The number of nitrogens with zero attached hydrogens (tertiary/aromatic N) is 1. The molecule has 1 atom stereocenters. The maximum Gasteiger partial charge on any atom is 0.326 e. The fourth-order valence-electron chi connectivity index (χ4n) is 1.97. The first-order valence-electron chi connectivity index (χ1n) is 6.95. The standard InChI is InChI=1S/C14H18N2O7S/c1-8(2)4-12(14(18)19)15-13(17)9-5-10(16(20)21)7-11(6-9)24(3,22)23/h5-8,12H,4H2,1-3H3,(H,15,17)(H,18,19)/t12-/m0/s1. The quantitative estimate of drug-likeness (QED) is 0.551. The van der Waals surface area contributed by atoms with Gasteiger partial charge in [0.15, 0.2) is 9.84 Å². The zero-order valence-corrected chi connectivity index (χ0v) is 14.2. The molecule has 0 saturated carbocycles. The molecule has 1 amide bonds. The van der Waals surface area contributed by atoms with Gasteiger partial charge in [0.25, 0.3) is 11.6 Å². The Balaban J connectivity index is 3.24. The third-order valence-corrected chi connectivity index (χ3v) is 4.19. The second-order valence-corrected chi connectivity index (χ2v) is 7.75. The number of nitro benzene ring substituents is 1. The van der Waals surface area contributed by atoms with Crippen molar-refractivity contribution in [1.29, 1.82) is 0 Å². The van der Waals surface area contributed by atoms with E-state index in [1.165, 1.54) is 0 Å². The van der Waals surface area contributed by atoms with Gasteiger partial charge in [-0.2, -0.15) is 0 Å². The van der Waals surface area contributed by atoms with Gasteiger partial charge in [0.2, 0.25) is 0 Å². The minimum absolute atomic E-state index is 0.0110. The Morgan fingerprint density at radius 3 is 2.29 bits per heavy atom. The molecule has 0 aliphatic rings. The molecule has 0 saturated heterocycles. The van der Waals surface area contributed by atoms with Crippen LogP contribution in [0.3, 0.4) is 0 Å². The molecule has 132 valence electrons. The molecular weight excluding hydrogens is 340 g/mol. The van der Waals surface area contributed by atoms with E-state index in [1.54, 1.807) is 13.8 Å². The Kier molecular flexibility index (Phi) is 6.02.